The molecule has 1 N–H and O–H groups in total. The lowest BCUT2D eigenvalue weighted by Gasteiger charge is -2.27. The van der Waals surface area contributed by atoms with Gasteiger partial charge in [-0.3, -0.25) is 0 Å². The van der Waals surface area contributed by atoms with Crippen LogP contribution in [0.1, 0.15) is 48.3 Å². The molecule has 1 heterocycles. The van der Waals surface area contributed by atoms with Crippen molar-refractivity contribution in [2.45, 2.75) is 45.2 Å². The monoisotopic (exact) mass is 303 g/mol. The number of halogens is 2. The van der Waals surface area contributed by atoms with Crippen molar-refractivity contribution in [2.75, 3.05) is 0 Å². The van der Waals surface area contributed by atoms with Crippen LogP contribution in [0.3, 0.4) is 0 Å². The van der Waals surface area contributed by atoms with Crippen LogP contribution < -0.4 is 5.32 Å². The van der Waals surface area contributed by atoms with Crippen molar-refractivity contribution in [3.8, 4) is 0 Å². The summed E-state index contributed by atoms with van der Waals surface area (Å²) in [6.07, 6.45) is 6.86. The Morgan fingerprint density at radius 2 is 2.00 bits per heavy atom. The Balaban J connectivity index is 1.74. The minimum absolute atomic E-state index is 0.0280. The molecule has 22 heavy (non-hydrogen) atoms. The van der Waals surface area contributed by atoms with Gasteiger partial charge in [0.2, 0.25) is 0 Å². The maximum atomic E-state index is 13.9. The maximum absolute atomic E-state index is 13.9. The Morgan fingerprint density at radius 1 is 1.23 bits per heavy atom. The quantitative estimate of drug-likeness (QED) is 0.939. The van der Waals surface area contributed by atoms with Crippen LogP contribution in [0.15, 0.2) is 24.5 Å². The highest BCUT2D eigenvalue weighted by molar-refractivity contribution is 5.34. The Hall–Kier alpha value is -1.88. The van der Waals surface area contributed by atoms with Crippen molar-refractivity contribution in [2.24, 2.45) is 0 Å². The van der Waals surface area contributed by atoms with Crippen LogP contribution in [0.25, 0.3) is 0 Å². The van der Waals surface area contributed by atoms with Gasteiger partial charge in [-0.2, -0.15) is 0 Å². The molecule has 1 aliphatic rings. The molecule has 0 bridgehead atoms. The molecular formula is C17H19F2N3. The summed E-state index contributed by atoms with van der Waals surface area (Å²) in [5.74, 6) is -0.131. The number of hydrogen-bond acceptors (Lipinski definition) is 3. The molecule has 3 rings (SSSR count). The zero-order valence-electron chi connectivity index (χ0n) is 12.6. The first-order valence-corrected chi connectivity index (χ1v) is 7.68. The second kappa shape index (κ2) is 6.48. The van der Waals surface area contributed by atoms with Gasteiger partial charge in [-0.15, -0.1) is 0 Å². The molecule has 3 nitrogen and oxygen atoms in total. The van der Waals surface area contributed by atoms with Crippen LogP contribution in [0, 0.1) is 11.6 Å². The molecule has 0 fully saturated rings. The van der Waals surface area contributed by atoms with Gasteiger partial charge in [0.15, 0.2) is 0 Å². The lowest BCUT2D eigenvalue weighted by Crippen LogP contribution is -2.26. The largest absolute Gasteiger partial charge is 0.306 e. The number of aryl methyl sites for hydroxylation is 1. The zero-order valence-corrected chi connectivity index (χ0v) is 12.6. The highest BCUT2D eigenvalue weighted by atomic mass is 19.1. The first-order valence-electron chi connectivity index (χ1n) is 7.68. The molecule has 0 unspecified atom stereocenters. The molecule has 1 aromatic heterocycles. The van der Waals surface area contributed by atoms with E-state index in [1.807, 2.05) is 6.92 Å². The van der Waals surface area contributed by atoms with Gasteiger partial charge < -0.3 is 5.32 Å². The normalized spacial score (nSPS) is 17.3. The maximum Gasteiger partial charge on any atom is 0.129 e. The Morgan fingerprint density at radius 3 is 2.73 bits per heavy atom. The standard InChI is InChI=1S/C17H19F2N3/c1-2-17-21-9-11(10-22-17)8-20-16-5-3-4-13-14(16)6-12(18)7-15(13)19/h6-7,9-10,16,20H,2-5,8H2,1H3/t16-/m1/s1. The molecule has 0 radical (unpaired) electrons. The minimum Gasteiger partial charge on any atom is -0.306 e. The van der Waals surface area contributed by atoms with Crippen LogP contribution in [0.2, 0.25) is 0 Å². The summed E-state index contributed by atoms with van der Waals surface area (Å²) in [5.41, 5.74) is 2.36. The Kier molecular flexibility index (Phi) is 4.43. The average Bonchev–Trinajstić information content (AvgIpc) is 2.53. The molecule has 1 atom stereocenters. The van der Waals surface area contributed by atoms with E-state index in [0.29, 0.717) is 18.5 Å². The van der Waals surface area contributed by atoms with Crippen molar-refractivity contribution in [3.05, 3.63) is 58.7 Å². The Labute approximate surface area is 128 Å². The molecular weight excluding hydrogens is 284 g/mol. The molecule has 0 aliphatic heterocycles. The summed E-state index contributed by atoms with van der Waals surface area (Å²) in [5, 5.41) is 3.37. The molecule has 0 saturated carbocycles. The topological polar surface area (TPSA) is 37.8 Å². The minimum atomic E-state index is -0.513. The van der Waals surface area contributed by atoms with E-state index in [9.17, 15) is 8.78 Å². The van der Waals surface area contributed by atoms with Gasteiger partial charge >= 0.3 is 0 Å². The van der Waals surface area contributed by atoms with Gasteiger partial charge in [0.25, 0.3) is 0 Å². The molecule has 116 valence electrons. The molecule has 0 spiro atoms. The number of benzene rings is 1. The van der Waals surface area contributed by atoms with Crippen molar-refractivity contribution >= 4 is 0 Å². The summed E-state index contributed by atoms with van der Waals surface area (Å²) < 4.78 is 27.4. The number of aromatic nitrogens is 2. The van der Waals surface area contributed by atoms with Gasteiger partial charge in [-0.05, 0) is 36.5 Å². The molecule has 2 aromatic rings. The van der Waals surface area contributed by atoms with E-state index in [1.54, 1.807) is 12.4 Å². The summed E-state index contributed by atoms with van der Waals surface area (Å²) in [7, 11) is 0. The summed E-state index contributed by atoms with van der Waals surface area (Å²) >= 11 is 0. The van der Waals surface area contributed by atoms with Gasteiger partial charge in [0, 0.05) is 43.0 Å². The van der Waals surface area contributed by atoms with Crippen molar-refractivity contribution < 1.29 is 8.78 Å². The van der Waals surface area contributed by atoms with E-state index in [2.05, 4.69) is 15.3 Å². The van der Waals surface area contributed by atoms with Crippen LogP contribution in [-0.4, -0.2) is 9.97 Å². The number of fused-ring (bicyclic) bond motifs is 1. The van der Waals surface area contributed by atoms with E-state index in [1.165, 1.54) is 6.07 Å². The third-order valence-corrected chi connectivity index (χ3v) is 4.12. The Bertz CT molecular complexity index is 656. The van der Waals surface area contributed by atoms with Crippen LogP contribution >= 0.6 is 0 Å². The fourth-order valence-corrected chi connectivity index (χ4v) is 2.94. The summed E-state index contributed by atoms with van der Waals surface area (Å²) in [4.78, 5) is 8.52. The predicted molar refractivity (Wildman–Crippen MR) is 80.3 cm³/mol. The highest BCUT2D eigenvalue weighted by Crippen LogP contribution is 2.32. The molecule has 1 aromatic carbocycles. The van der Waals surface area contributed by atoms with E-state index in [-0.39, 0.29) is 6.04 Å². The fourth-order valence-electron chi connectivity index (χ4n) is 2.94. The van der Waals surface area contributed by atoms with Gasteiger partial charge in [-0.1, -0.05) is 6.92 Å². The summed E-state index contributed by atoms with van der Waals surface area (Å²) in [6.45, 7) is 2.60. The fraction of sp³-hybridized carbons (Fsp3) is 0.412. The van der Waals surface area contributed by atoms with Crippen LogP contribution in [0.4, 0.5) is 8.78 Å². The van der Waals surface area contributed by atoms with Crippen LogP contribution in [0.5, 0.6) is 0 Å². The third kappa shape index (κ3) is 3.14. The molecule has 5 heteroatoms. The predicted octanol–water partition coefficient (Wildman–Crippen LogP) is 3.48. The number of hydrogen-bond donors (Lipinski definition) is 1. The highest BCUT2D eigenvalue weighted by Gasteiger charge is 2.23. The second-order valence-electron chi connectivity index (χ2n) is 5.64. The molecule has 0 saturated heterocycles. The van der Waals surface area contributed by atoms with Crippen molar-refractivity contribution in [1.82, 2.24) is 15.3 Å². The number of nitrogens with one attached hydrogen (secondary N) is 1. The number of rotatable bonds is 4. The van der Waals surface area contributed by atoms with Gasteiger partial charge in [-0.25, -0.2) is 18.7 Å². The van der Waals surface area contributed by atoms with Crippen LogP contribution in [-0.2, 0) is 19.4 Å². The first-order chi connectivity index (χ1) is 10.7. The van der Waals surface area contributed by atoms with Gasteiger partial charge in [0.1, 0.15) is 17.5 Å². The summed E-state index contributed by atoms with van der Waals surface area (Å²) in [6, 6.07) is 2.39. The third-order valence-electron chi connectivity index (χ3n) is 4.12. The van der Waals surface area contributed by atoms with E-state index < -0.39 is 11.6 Å². The van der Waals surface area contributed by atoms with Crippen molar-refractivity contribution in [1.29, 1.82) is 0 Å². The smallest absolute Gasteiger partial charge is 0.129 e. The van der Waals surface area contributed by atoms with E-state index >= 15 is 0 Å². The average molecular weight is 303 g/mol. The molecule has 1 aliphatic carbocycles. The molecule has 0 amide bonds. The SMILES string of the molecule is CCc1ncc(CN[C@@H]2CCCc3c(F)cc(F)cc32)cn1. The van der Waals surface area contributed by atoms with Crippen molar-refractivity contribution in [3.63, 3.8) is 0 Å². The first kappa shape index (κ1) is 15.0. The zero-order chi connectivity index (χ0) is 15.5. The lowest BCUT2D eigenvalue weighted by atomic mass is 9.87. The van der Waals surface area contributed by atoms with Gasteiger partial charge in [0.05, 0.1) is 0 Å². The second-order valence-corrected chi connectivity index (χ2v) is 5.64. The number of nitrogens with zero attached hydrogens (tertiary/aromatic N) is 2. The van der Waals surface area contributed by atoms with E-state index in [0.717, 1.165) is 42.3 Å². The van der Waals surface area contributed by atoms with E-state index in [4.69, 9.17) is 0 Å². The lowest BCUT2D eigenvalue weighted by molar-refractivity contribution is 0.441.